The Morgan fingerprint density at radius 2 is 1.75 bits per heavy atom. The number of aliphatic hydroxyl groups excluding tert-OH is 2. The van der Waals surface area contributed by atoms with Gasteiger partial charge in [-0.1, -0.05) is 12.1 Å². The van der Waals surface area contributed by atoms with Gasteiger partial charge in [0.15, 0.2) is 0 Å². The molecule has 7 nitrogen and oxygen atoms in total. The lowest BCUT2D eigenvalue weighted by atomic mass is 10.2. The maximum Gasteiger partial charge on any atom is 0.240 e. The van der Waals surface area contributed by atoms with Crippen LogP contribution in [0.5, 0.6) is 0 Å². The molecule has 1 aromatic carbocycles. The zero-order valence-electron chi connectivity index (χ0n) is 11.0. The molecular formula is C12H18N2O5S. The minimum atomic E-state index is -3.79. The van der Waals surface area contributed by atoms with Gasteiger partial charge in [-0.3, -0.25) is 4.79 Å². The summed E-state index contributed by atoms with van der Waals surface area (Å²) in [5, 5.41) is 20.4. The van der Waals surface area contributed by atoms with Crippen LogP contribution >= 0.6 is 0 Å². The summed E-state index contributed by atoms with van der Waals surface area (Å²) in [6.07, 6.45) is 0. The molecule has 0 aliphatic heterocycles. The van der Waals surface area contributed by atoms with Crippen LogP contribution in [0.1, 0.15) is 12.5 Å². The van der Waals surface area contributed by atoms with Crippen LogP contribution in [0.4, 0.5) is 0 Å². The van der Waals surface area contributed by atoms with Crippen molar-refractivity contribution in [3.8, 4) is 0 Å². The summed E-state index contributed by atoms with van der Waals surface area (Å²) in [6, 6.07) is 5.02. The van der Waals surface area contributed by atoms with E-state index in [9.17, 15) is 13.2 Å². The minimum Gasteiger partial charge on any atom is -0.395 e. The van der Waals surface area contributed by atoms with E-state index in [1.165, 1.54) is 19.1 Å². The third kappa shape index (κ3) is 4.89. The van der Waals surface area contributed by atoms with Gasteiger partial charge in [-0.2, -0.15) is 0 Å². The van der Waals surface area contributed by atoms with Gasteiger partial charge in [0.25, 0.3) is 0 Å². The van der Waals surface area contributed by atoms with E-state index in [1.54, 1.807) is 12.1 Å². The van der Waals surface area contributed by atoms with Crippen molar-refractivity contribution in [1.29, 1.82) is 0 Å². The summed E-state index contributed by atoms with van der Waals surface area (Å²) in [5.74, 6) is -0.169. The molecule has 0 radical (unpaired) electrons. The van der Waals surface area contributed by atoms with Crippen molar-refractivity contribution in [2.45, 2.75) is 24.4 Å². The lowest BCUT2D eigenvalue weighted by Gasteiger charge is -2.14. The van der Waals surface area contributed by atoms with Crippen LogP contribution in [0, 0.1) is 0 Å². The first kappa shape index (κ1) is 16.6. The van der Waals surface area contributed by atoms with Gasteiger partial charge in [-0.15, -0.1) is 0 Å². The Morgan fingerprint density at radius 3 is 2.20 bits per heavy atom. The van der Waals surface area contributed by atoms with E-state index in [1.807, 2.05) is 0 Å². The third-order valence-electron chi connectivity index (χ3n) is 2.54. The number of benzene rings is 1. The highest BCUT2D eigenvalue weighted by Gasteiger charge is 2.18. The summed E-state index contributed by atoms with van der Waals surface area (Å²) in [6.45, 7) is 0.734. The number of hydrogen-bond acceptors (Lipinski definition) is 5. The Labute approximate surface area is 117 Å². The Balaban J connectivity index is 2.78. The van der Waals surface area contributed by atoms with Crippen LogP contribution in [-0.2, 0) is 21.4 Å². The number of carbonyl (C=O) groups excluding carboxylic acids is 1. The molecule has 0 saturated carbocycles. The molecule has 0 saturated heterocycles. The molecule has 0 aliphatic carbocycles. The van der Waals surface area contributed by atoms with E-state index in [-0.39, 0.29) is 10.8 Å². The van der Waals surface area contributed by atoms with Crippen LogP contribution in [0.3, 0.4) is 0 Å². The van der Waals surface area contributed by atoms with Gasteiger partial charge < -0.3 is 15.5 Å². The first-order valence-corrected chi connectivity index (χ1v) is 7.44. The molecule has 4 N–H and O–H groups in total. The van der Waals surface area contributed by atoms with E-state index in [0.717, 1.165) is 5.56 Å². The van der Waals surface area contributed by atoms with Gasteiger partial charge in [0.05, 0.1) is 24.2 Å². The van der Waals surface area contributed by atoms with Crippen LogP contribution in [0.15, 0.2) is 29.2 Å². The number of hydrogen-bond donors (Lipinski definition) is 4. The Morgan fingerprint density at radius 1 is 1.20 bits per heavy atom. The molecule has 0 bridgehead atoms. The van der Waals surface area contributed by atoms with Crippen LogP contribution in [0.2, 0.25) is 0 Å². The van der Waals surface area contributed by atoms with Crippen LogP contribution in [0.25, 0.3) is 0 Å². The quantitative estimate of drug-likeness (QED) is 0.513. The average molecular weight is 302 g/mol. The predicted molar refractivity (Wildman–Crippen MR) is 72.2 cm³/mol. The first-order valence-electron chi connectivity index (χ1n) is 5.96. The second-order valence-corrected chi connectivity index (χ2v) is 5.95. The molecule has 0 heterocycles. The molecule has 20 heavy (non-hydrogen) atoms. The number of carbonyl (C=O) groups is 1. The maximum atomic E-state index is 11.9. The fourth-order valence-corrected chi connectivity index (χ4v) is 2.65. The maximum absolute atomic E-state index is 11.9. The topological polar surface area (TPSA) is 116 Å². The van der Waals surface area contributed by atoms with Crippen LogP contribution in [-0.4, -0.2) is 43.8 Å². The molecule has 1 amide bonds. The second kappa shape index (κ2) is 7.34. The number of aliphatic hydroxyl groups is 2. The van der Waals surface area contributed by atoms with Gasteiger partial charge in [0.1, 0.15) is 0 Å². The Hall–Kier alpha value is -1.48. The highest BCUT2D eigenvalue weighted by Crippen LogP contribution is 2.11. The number of rotatable bonds is 7. The highest BCUT2D eigenvalue weighted by molar-refractivity contribution is 7.89. The van der Waals surface area contributed by atoms with Crippen molar-refractivity contribution in [2.24, 2.45) is 0 Å². The predicted octanol–water partition coefficient (Wildman–Crippen LogP) is -1.05. The summed E-state index contributed by atoms with van der Waals surface area (Å²) in [4.78, 5) is 10.8. The fraction of sp³-hybridized carbons (Fsp3) is 0.417. The molecule has 8 heteroatoms. The second-order valence-electron chi connectivity index (χ2n) is 4.24. The van der Waals surface area contributed by atoms with E-state index in [4.69, 9.17) is 10.2 Å². The summed E-state index contributed by atoms with van der Waals surface area (Å²) in [5.41, 5.74) is 0.764. The van der Waals surface area contributed by atoms with Gasteiger partial charge in [-0.25, -0.2) is 13.1 Å². The first-order chi connectivity index (χ1) is 9.39. The highest BCUT2D eigenvalue weighted by atomic mass is 32.2. The zero-order chi connectivity index (χ0) is 15.2. The monoisotopic (exact) mass is 302 g/mol. The lowest BCUT2D eigenvalue weighted by Crippen LogP contribution is -2.39. The molecule has 112 valence electrons. The third-order valence-corrected chi connectivity index (χ3v) is 4.07. The Bertz CT molecular complexity index is 537. The fourth-order valence-electron chi connectivity index (χ4n) is 1.43. The van der Waals surface area contributed by atoms with E-state index < -0.39 is 29.3 Å². The molecular weight excluding hydrogens is 284 g/mol. The molecule has 0 unspecified atom stereocenters. The zero-order valence-corrected chi connectivity index (χ0v) is 11.9. The van der Waals surface area contributed by atoms with Gasteiger partial charge in [0.2, 0.25) is 15.9 Å². The van der Waals surface area contributed by atoms with Crippen molar-refractivity contribution in [1.82, 2.24) is 10.0 Å². The minimum absolute atomic E-state index is 0.0241. The van der Waals surface area contributed by atoms with Gasteiger partial charge in [-0.05, 0) is 17.7 Å². The molecule has 0 fully saturated rings. The van der Waals surface area contributed by atoms with Crippen molar-refractivity contribution in [3.63, 3.8) is 0 Å². The number of nitrogens with one attached hydrogen (secondary N) is 2. The molecule has 0 aromatic heterocycles. The SMILES string of the molecule is CC(=O)NCc1ccc(S(=O)(=O)NC(CO)CO)cc1. The molecule has 1 aromatic rings. The molecule has 0 spiro atoms. The van der Waals surface area contributed by atoms with E-state index in [0.29, 0.717) is 6.54 Å². The number of amides is 1. The Kier molecular flexibility index (Phi) is 6.08. The van der Waals surface area contributed by atoms with Crippen molar-refractivity contribution in [3.05, 3.63) is 29.8 Å². The average Bonchev–Trinajstić information content (AvgIpc) is 2.43. The van der Waals surface area contributed by atoms with Crippen molar-refractivity contribution >= 4 is 15.9 Å². The summed E-state index contributed by atoms with van der Waals surface area (Å²) in [7, 11) is -3.79. The van der Waals surface area contributed by atoms with Crippen LogP contribution < -0.4 is 10.0 Å². The normalized spacial score (nSPS) is 11.6. The van der Waals surface area contributed by atoms with Gasteiger partial charge >= 0.3 is 0 Å². The number of sulfonamides is 1. The lowest BCUT2D eigenvalue weighted by molar-refractivity contribution is -0.119. The van der Waals surface area contributed by atoms with Gasteiger partial charge in [0, 0.05) is 13.5 Å². The largest absolute Gasteiger partial charge is 0.395 e. The van der Waals surface area contributed by atoms with E-state index >= 15 is 0 Å². The van der Waals surface area contributed by atoms with Crippen molar-refractivity contribution in [2.75, 3.05) is 13.2 Å². The van der Waals surface area contributed by atoms with Crippen molar-refractivity contribution < 1.29 is 23.4 Å². The molecule has 0 atom stereocenters. The summed E-state index contributed by atoms with van der Waals surface area (Å²) >= 11 is 0. The summed E-state index contributed by atoms with van der Waals surface area (Å²) < 4.78 is 26.1. The standard InChI is InChI=1S/C12H18N2O5S/c1-9(17)13-6-10-2-4-12(5-3-10)20(18,19)14-11(7-15)8-16/h2-5,11,14-16H,6-8H2,1H3,(H,13,17). The smallest absolute Gasteiger partial charge is 0.240 e. The molecule has 1 rings (SSSR count). The van der Waals surface area contributed by atoms with E-state index in [2.05, 4.69) is 10.0 Å². The molecule has 0 aliphatic rings.